The number of imidazole rings is 1. The fraction of sp³-hybridized carbons (Fsp3) is 0.459. The molecule has 1 N–H and O–H groups in total. The number of aromatic amines is 1. The average molecular weight is 735 g/mol. The van der Waals surface area contributed by atoms with E-state index in [0.29, 0.717) is 12.3 Å². The summed E-state index contributed by atoms with van der Waals surface area (Å²) in [5, 5.41) is 12.2. The highest BCUT2D eigenvalue weighted by Crippen LogP contribution is 2.39. The molecule has 1 atom stereocenters. The highest BCUT2D eigenvalue weighted by atomic mass is 32.2. The van der Waals surface area contributed by atoms with Gasteiger partial charge in [0, 0.05) is 50.0 Å². The molecule has 0 aliphatic carbocycles. The third-order valence-electron chi connectivity index (χ3n) is 9.46. The van der Waals surface area contributed by atoms with Crippen molar-refractivity contribution in [1.29, 1.82) is 0 Å². The molecule has 2 saturated heterocycles. The number of nitrogens with zero attached hydrogens (tertiary/aromatic N) is 5. The Balaban J connectivity index is 1.11. The van der Waals surface area contributed by atoms with E-state index in [2.05, 4.69) is 53.8 Å². The fourth-order valence-corrected chi connectivity index (χ4v) is 9.62. The standard InChI is InChI=1S/C37H46N6O6S2/c1-5-40-17-19-41(20-18-40)26-12-15-29-30(21-26)39-35(38-29)25-10-13-27(14-11-25)48-24-49-34-23-32(43(45)46)28(22-33(34)47-4)36(44)42-16-8-9-31(42)37(50-6-2)51-7-3/h10-15,21-23,31,37H,5-9,16-20,24H2,1-4H3,(H,38,39). The smallest absolute Gasteiger partial charge is 0.286 e. The van der Waals surface area contributed by atoms with E-state index in [0.717, 1.165) is 79.5 Å². The van der Waals surface area contributed by atoms with E-state index >= 15 is 0 Å². The normalized spacial score (nSPS) is 16.6. The Hall–Kier alpha value is -4.14. The molecule has 51 heavy (non-hydrogen) atoms. The molecular formula is C37H46N6O6S2. The van der Waals surface area contributed by atoms with Crippen molar-refractivity contribution in [3.05, 3.63) is 70.3 Å². The molecule has 12 nitrogen and oxygen atoms in total. The molecule has 272 valence electrons. The van der Waals surface area contributed by atoms with Gasteiger partial charge in [0.05, 0.1) is 39.8 Å². The van der Waals surface area contributed by atoms with Crippen LogP contribution in [-0.4, -0.2) is 106 Å². The molecule has 0 spiro atoms. The number of likely N-dealkylation sites (tertiary alicyclic amines) is 1. The van der Waals surface area contributed by atoms with Crippen LogP contribution < -0.4 is 19.1 Å². The number of anilines is 1. The number of methoxy groups -OCH3 is 1. The zero-order valence-electron chi connectivity index (χ0n) is 29.6. The first kappa shape index (κ1) is 36.6. The Morgan fingerprint density at radius 2 is 1.73 bits per heavy atom. The van der Waals surface area contributed by atoms with Gasteiger partial charge in [-0.15, -0.1) is 23.5 Å². The first-order valence-electron chi connectivity index (χ1n) is 17.6. The molecule has 1 amide bonds. The van der Waals surface area contributed by atoms with Crippen molar-refractivity contribution in [3.8, 4) is 28.6 Å². The van der Waals surface area contributed by atoms with Crippen molar-refractivity contribution in [2.75, 3.05) is 69.6 Å². The predicted octanol–water partition coefficient (Wildman–Crippen LogP) is 7.14. The molecule has 2 fully saturated rings. The van der Waals surface area contributed by atoms with Gasteiger partial charge in [-0.25, -0.2) is 4.98 Å². The number of nitro benzene ring substituents is 1. The number of carbonyl (C=O) groups is 1. The van der Waals surface area contributed by atoms with Crippen LogP contribution in [0.1, 0.15) is 44.0 Å². The number of thioether (sulfide) groups is 2. The van der Waals surface area contributed by atoms with Crippen LogP contribution in [0, 0.1) is 10.1 Å². The zero-order valence-corrected chi connectivity index (χ0v) is 31.3. The molecule has 3 aromatic carbocycles. The number of nitrogens with one attached hydrogen (secondary N) is 1. The van der Waals surface area contributed by atoms with Gasteiger partial charge in [0.15, 0.2) is 11.5 Å². The Labute approximate surface area is 307 Å². The molecule has 1 aromatic heterocycles. The third kappa shape index (κ3) is 8.34. The number of rotatable bonds is 15. The second kappa shape index (κ2) is 16.9. The van der Waals surface area contributed by atoms with E-state index < -0.39 is 4.92 Å². The van der Waals surface area contributed by atoms with Crippen LogP contribution in [0.4, 0.5) is 11.4 Å². The third-order valence-corrected chi connectivity index (χ3v) is 12.2. The van der Waals surface area contributed by atoms with Crippen molar-refractivity contribution >= 4 is 51.8 Å². The van der Waals surface area contributed by atoms with Crippen LogP contribution in [-0.2, 0) is 0 Å². The molecule has 1 unspecified atom stereocenters. The number of H-pyrrole nitrogens is 1. The van der Waals surface area contributed by atoms with Gasteiger partial charge in [0.25, 0.3) is 11.6 Å². The SMILES string of the molecule is CCSC(SCC)C1CCCN1C(=O)c1cc(OC)c(OCOc2ccc(-c3nc4ccc(N5CCN(CC)CC5)cc4[nH]3)cc2)cc1[N+](=O)[O-]. The van der Waals surface area contributed by atoms with Gasteiger partial charge in [-0.05, 0) is 73.4 Å². The number of fused-ring (bicyclic) bond motifs is 1. The number of amides is 1. The van der Waals surface area contributed by atoms with Crippen LogP contribution in [0.5, 0.6) is 17.2 Å². The number of nitro groups is 1. The van der Waals surface area contributed by atoms with Crippen LogP contribution in [0.3, 0.4) is 0 Å². The molecule has 4 aromatic rings. The predicted molar refractivity (Wildman–Crippen MR) is 206 cm³/mol. The average Bonchev–Trinajstić information content (AvgIpc) is 3.82. The minimum absolute atomic E-state index is 0.00497. The molecule has 14 heteroatoms. The minimum Gasteiger partial charge on any atom is -0.493 e. The highest BCUT2D eigenvalue weighted by Gasteiger charge is 2.38. The van der Waals surface area contributed by atoms with Gasteiger partial charge in [-0.1, -0.05) is 20.8 Å². The van der Waals surface area contributed by atoms with Crippen LogP contribution >= 0.6 is 23.5 Å². The molecule has 2 aliphatic rings. The lowest BCUT2D eigenvalue weighted by atomic mass is 10.1. The number of benzene rings is 3. The summed E-state index contributed by atoms with van der Waals surface area (Å²) in [6, 6.07) is 16.5. The van der Waals surface area contributed by atoms with E-state index in [1.807, 2.05) is 47.8 Å². The first-order chi connectivity index (χ1) is 24.8. The number of hydrogen-bond acceptors (Lipinski definition) is 11. The summed E-state index contributed by atoms with van der Waals surface area (Å²) in [7, 11) is 1.44. The van der Waals surface area contributed by atoms with Gasteiger partial charge < -0.3 is 33.9 Å². The fourth-order valence-electron chi connectivity index (χ4n) is 6.75. The maximum absolute atomic E-state index is 13.8. The van der Waals surface area contributed by atoms with Crippen LogP contribution in [0.25, 0.3) is 22.4 Å². The first-order valence-corrected chi connectivity index (χ1v) is 19.7. The van der Waals surface area contributed by atoms with Crippen molar-refractivity contribution in [1.82, 2.24) is 19.8 Å². The van der Waals surface area contributed by atoms with Crippen molar-refractivity contribution in [2.24, 2.45) is 0 Å². The van der Waals surface area contributed by atoms with Crippen LogP contribution in [0.15, 0.2) is 54.6 Å². The van der Waals surface area contributed by atoms with E-state index in [1.165, 1.54) is 24.9 Å². The second-order valence-corrected chi connectivity index (χ2v) is 15.5. The summed E-state index contributed by atoms with van der Waals surface area (Å²) >= 11 is 3.63. The van der Waals surface area contributed by atoms with E-state index in [-0.39, 0.29) is 46.1 Å². The Bertz CT molecular complexity index is 1810. The summed E-state index contributed by atoms with van der Waals surface area (Å²) in [5.74, 6) is 3.15. The quantitative estimate of drug-likeness (QED) is 0.0761. The largest absolute Gasteiger partial charge is 0.493 e. The summed E-state index contributed by atoms with van der Waals surface area (Å²) in [4.78, 5) is 40.4. The lowest BCUT2D eigenvalue weighted by molar-refractivity contribution is -0.385. The monoisotopic (exact) mass is 734 g/mol. The van der Waals surface area contributed by atoms with Crippen molar-refractivity contribution < 1.29 is 23.9 Å². The summed E-state index contributed by atoms with van der Waals surface area (Å²) in [6.07, 6.45) is 1.74. The van der Waals surface area contributed by atoms with E-state index in [1.54, 1.807) is 4.90 Å². The minimum atomic E-state index is -0.546. The highest BCUT2D eigenvalue weighted by molar-refractivity contribution is 8.17. The number of piperazine rings is 1. The molecule has 2 aliphatic heterocycles. The topological polar surface area (TPSA) is 126 Å². The number of likely N-dealkylation sites (N-methyl/N-ethyl adjacent to an activating group) is 1. The number of ether oxygens (including phenoxy) is 3. The van der Waals surface area contributed by atoms with Gasteiger partial charge in [-0.2, -0.15) is 0 Å². The number of carbonyl (C=O) groups excluding carboxylic acids is 1. The van der Waals surface area contributed by atoms with Crippen molar-refractivity contribution in [3.63, 3.8) is 0 Å². The molecule has 6 rings (SSSR count). The van der Waals surface area contributed by atoms with Crippen molar-refractivity contribution in [2.45, 2.75) is 44.2 Å². The van der Waals surface area contributed by atoms with Gasteiger partial charge in [0.2, 0.25) is 6.79 Å². The van der Waals surface area contributed by atoms with Gasteiger partial charge in [-0.3, -0.25) is 14.9 Å². The lowest BCUT2D eigenvalue weighted by Gasteiger charge is -2.35. The lowest BCUT2D eigenvalue weighted by Crippen LogP contribution is -2.46. The van der Waals surface area contributed by atoms with Gasteiger partial charge in [0.1, 0.15) is 17.1 Å². The summed E-state index contributed by atoms with van der Waals surface area (Å²) in [6.45, 7) is 12.0. The number of hydrogen-bond donors (Lipinski definition) is 1. The van der Waals surface area contributed by atoms with E-state index in [4.69, 9.17) is 19.2 Å². The van der Waals surface area contributed by atoms with Gasteiger partial charge >= 0.3 is 0 Å². The molecule has 3 heterocycles. The summed E-state index contributed by atoms with van der Waals surface area (Å²) < 4.78 is 17.4. The molecule has 0 bridgehead atoms. The summed E-state index contributed by atoms with van der Waals surface area (Å²) in [5.41, 5.74) is 3.66. The Morgan fingerprint density at radius 1 is 0.980 bits per heavy atom. The van der Waals surface area contributed by atoms with Crippen LogP contribution in [0.2, 0.25) is 0 Å². The molecule has 0 saturated carbocycles. The Kier molecular flexibility index (Phi) is 12.2. The van der Waals surface area contributed by atoms with E-state index in [9.17, 15) is 14.9 Å². The zero-order chi connectivity index (χ0) is 35.9. The molecular weight excluding hydrogens is 689 g/mol. The maximum atomic E-state index is 13.8. The number of aromatic nitrogens is 2. The second-order valence-electron chi connectivity index (χ2n) is 12.4. The maximum Gasteiger partial charge on any atom is 0.286 e. The Morgan fingerprint density at radius 3 is 2.39 bits per heavy atom. The molecule has 0 radical (unpaired) electrons.